The minimum atomic E-state index is 0.0733. The second-order valence-corrected chi connectivity index (χ2v) is 7.35. The van der Waals surface area contributed by atoms with E-state index in [2.05, 4.69) is 20.5 Å². The van der Waals surface area contributed by atoms with Gasteiger partial charge in [0.15, 0.2) is 0 Å². The molecule has 0 fully saturated rings. The fourth-order valence-electron chi connectivity index (χ4n) is 3.74. The quantitative estimate of drug-likeness (QED) is 0.745. The Morgan fingerprint density at radius 3 is 3.17 bits per heavy atom. The Hall–Kier alpha value is -1.99. The summed E-state index contributed by atoms with van der Waals surface area (Å²) in [5.41, 5.74) is 4.80. The van der Waals surface area contributed by atoms with Crippen LogP contribution in [0.5, 0.6) is 0 Å². The Balaban J connectivity index is 1.62. The molecule has 0 saturated carbocycles. The maximum absolute atomic E-state index is 13.0. The third kappa shape index (κ3) is 2.00. The molecule has 2 aliphatic rings. The van der Waals surface area contributed by atoms with Gasteiger partial charge in [-0.1, -0.05) is 0 Å². The number of nitrogens with zero attached hydrogens (tertiary/aromatic N) is 3. The molecule has 0 atom stereocenters. The van der Waals surface area contributed by atoms with Crippen LogP contribution in [0.3, 0.4) is 0 Å². The van der Waals surface area contributed by atoms with Gasteiger partial charge in [0.05, 0.1) is 24.0 Å². The minimum Gasteiger partial charge on any atom is -0.312 e. The van der Waals surface area contributed by atoms with Crippen molar-refractivity contribution in [1.82, 2.24) is 25.1 Å². The number of rotatable bonds is 2. The van der Waals surface area contributed by atoms with Crippen molar-refractivity contribution < 1.29 is 0 Å². The summed E-state index contributed by atoms with van der Waals surface area (Å²) in [4.78, 5) is 19.6. The normalized spacial score (nSPS) is 16.7. The van der Waals surface area contributed by atoms with Gasteiger partial charge in [0.1, 0.15) is 4.83 Å². The summed E-state index contributed by atoms with van der Waals surface area (Å²) in [7, 11) is 0. The summed E-state index contributed by atoms with van der Waals surface area (Å²) in [6, 6.07) is 0. The number of aromatic nitrogens is 4. The highest BCUT2D eigenvalue weighted by molar-refractivity contribution is 7.18. The van der Waals surface area contributed by atoms with Gasteiger partial charge < -0.3 is 5.32 Å². The second-order valence-electron chi connectivity index (χ2n) is 6.27. The zero-order valence-corrected chi connectivity index (χ0v) is 13.5. The summed E-state index contributed by atoms with van der Waals surface area (Å²) in [5, 5.41) is 11.7. The smallest absolute Gasteiger partial charge is 0.262 e. The lowest BCUT2D eigenvalue weighted by Crippen LogP contribution is -2.25. The first-order valence-corrected chi connectivity index (χ1v) is 8.88. The van der Waals surface area contributed by atoms with E-state index < -0.39 is 0 Å². The van der Waals surface area contributed by atoms with E-state index in [1.165, 1.54) is 28.1 Å². The SMILES string of the molecule is O=c1c2c3c(sc2ncn1Cc1n[nH]c2c1CCC2)CNCC3. The average molecular weight is 327 g/mol. The van der Waals surface area contributed by atoms with Gasteiger partial charge in [0, 0.05) is 17.1 Å². The highest BCUT2D eigenvalue weighted by Crippen LogP contribution is 2.30. The fourth-order valence-corrected chi connectivity index (χ4v) is 4.89. The van der Waals surface area contributed by atoms with Crippen molar-refractivity contribution >= 4 is 21.6 Å². The van der Waals surface area contributed by atoms with E-state index in [9.17, 15) is 4.79 Å². The predicted molar refractivity (Wildman–Crippen MR) is 89.0 cm³/mol. The number of hydrogen-bond acceptors (Lipinski definition) is 5. The van der Waals surface area contributed by atoms with Gasteiger partial charge in [0.2, 0.25) is 0 Å². The van der Waals surface area contributed by atoms with Crippen LogP contribution in [0.25, 0.3) is 10.2 Å². The van der Waals surface area contributed by atoms with Gasteiger partial charge in [-0.25, -0.2) is 4.98 Å². The number of aryl methyl sites for hydroxylation is 1. The van der Waals surface area contributed by atoms with Crippen LogP contribution in [-0.2, 0) is 32.4 Å². The van der Waals surface area contributed by atoms with Crippen LogP contribution in [0.4, 0.5) is 0 Å². The van der Waals surface area contributed by atoms with Gasteiger partial charge in [-0.3, -0.25) is 14.5 Å². The number of H-pyrrole nitrogens is 1. The zero-order valence-electron chi connectivity index (χ0n) is 12.7. The molecule has 0 spiro atoms. The standard InChI is InChI=1S/C16H17N5OS/c22-16-14-10-4-5-17-6-13(10)23-15(14)18-8-21(16)7-12-9-2-1-3-11(9)19-20-12/h8,17H,1-7H2,(H,19,20). The van der Waals surface area contributed by atoms with E-state index in [0.717, 1.165) is 48.3 Å². The summed E-state index contributed by atoms with van der Waals surface area (Å²) >= 11 is 1.64. The van der Waals surface area contributed by atoms with Crippen molar-refractivity contribution in [3.63, 3.8) is 0 Å². The zero-order chi connectivity index (χ0) is 15.4. The van der Waals surface area contributed by atoms with Crippen molar-refractivity contribution in [1.29, 1.82) is 0 Å². The third-order valence-corrected chi connectivity index (χ3v) is 6.05. The molecule has 4 heterocycles. The summed E-state index contributed by atoms with van der Waals surface area (Å²) in [5.74, 6) is 0. The molecule has 6 nitrogen and oxygen atoms in total. The molecule has 2 N–H and O–H groups in total. The van der Waals surface area contributed by atoms with Crippen molar-refractivity contribution in [2.75, 3.05) is 6.54 Å². The van der Waals surface area contributed by atoms with E-state index >= 15 is 0 Å². The van der Waals surface area contributed by atoms with E-state index in [0.29, 0.717) is 6.54 Å². The highest BCUT2D eigenvalue weighted by Gasteiger charge is 2.22. The Morgan fingerprint density at radius 2 is 2.22 bits per heavy atom. The summed E-state index contributed by atoms with van der Waals surface area (Å²) in [6.07, 6.45) is 5.89. The molecule has 5 rings (SSSR count). The largest absolute Gasteiger partial charge is 0.312 e. The molecule has 1 aliphatic heterocycles. The molecule has 23 heavy (non-hydrogen) atoms. The first kappa shape index (κ1) is 13.4. The first-order valence-electron chi connectivity index (χ1n) is 8.06. The van der Waals surface area contributed by atoms with E-state index in [1.807, 2.05) is 0 Å². The second kappa shape index (κ2) is 5.01. The monoisotopic (exact) mass is 327 g/mol. The molecule has 7 heteroatoms. The topological polar surface area (TPSA) is 75.6 Å². The van der Waals surface area contributed by atoms with Crippen LogP contribution in [0.1, 0.15) is 33.8 Å². The minimum absolute atomic E-state index is 0.0733. The van der Waals surface area contributed by atoms with Gasteiger partial charge in [0.25, 0.3) is 5.56 Å². The lowest BCUT2D eigenvalue weighted by molar-refractivity contribution is 0.655. The fraction of sp³-hybridized carbons (Fsp3) is 0.438. The summed E-state index contributed by atoms with van der Waals surface area (Å²) < 4.78 is 1.71. The van der Waals surface area contributed by atoms with E-state index in [1.54, 1.807) is 22.2 Å². The van der Waals surface area contributed by atoms with Crippen LogP contribution in [0.15, 0.2) is 11.1 Å². The molecule has 3 aromatic rings. The highest BCUT2D eigenvalue weighted by atomic mass is 32.1. The molecule has 0 saturated heterocycles. The summed E-state index contributed by atoms with van der Waals surface area (Å²) in [6.45, 7) is 2.29. The van der Waals surface area contributed by atoms with Crippen LogP contribution in [0, 0.1) is 0 Å². The Labute approximate surface area is 136 Å². The molecule has 0 aromatic carbocycles. The van der Waals surface area contributed by atoms with Gasteiger partial charge >= 0.3 is 0 Å². The van der Waals surface area contributed by atoms with Gasteiger partial charge in [-0.2, -0.15) is 5.10 Å². The predicted octanol–water partition coefficient (Wildman–Crippen LogP) is 1.36. The molecule has 118 valence electrons. The number of aromatic amines is 1. The number of fused-ring (bicyclic) bond motifs is 4. The van der Waals surface area contributed by atoms with Crippen LogP contribution in [-0.4, -0.2) is 26.3 Å². The third-order valence-electron chi connectivity index (χ3n) is 4.91. The lowest BCUT2D eigenvalue weighted by atomic mass is 10.1. The van der Waals surface area contributed by atoms with Crippen molar-refractivity contribution in [2.24, 2.45) is 0 Å². The number of thiophene rings is 1. The molecular weight excluding hydrogens is 310 g/mol. The molecule has 0 bridgehead atoms. The van der Waals surface area contributed by atoms with Crippen molar-refractivity contribution in [2.45, 2.75) is 38.8 Å². The first-order chi connectivity index (χ1) is 11.3. The lowest BCUT2D eigenvalue weighted by Gasteiger charge is -2.12. The van der Waals surface area contributed by atoms with Gasteiger partial charge in [-0.05, 0) is 43.4 Å². The molecule has 0 radical (unpaired) electrons. The van der Waals surface area contributed by atoms with Crippen LogP contribution in [0.2, 0.25) is 0 Å². The van der Waals surface area contributed by atoms with Crippen molar-refractivity contribution in [3.05, 3.63) is 44.1 Å². The molecule has 0 unspecified atom stereocenters. The maximum atomic E-state index is 13.0. The molecular formula is C16H17N5OS. The average Bonchev–Trinajstić information content (AvgIpc) is 3.25. The van der Waals surface area contributed by atoms with Crippen molar-refractivity contribution in [3.8, 4) is 0 Å². The van der Waals surface area contributed by atoms with Gasteiger partial charge in [-0.15, -0.1) is 11.3 Å². The molecule has 0 amide bonds. The Bertz CT molecular complexity index is 967. The molecule has 1 aliphatic carbocycles. The number of nitrogens with one attached hydrogen (secondary N) is 2. The van der Waals surface area contributed by atoms with E-state index in [4.69, 9.17) is 0 Å². The Morgan fingerprint density at radius 1 is 1.26 bits per heavy atom. The molecule has 3 aromatic heterocycles. The maximum Gasteiger partial charge on any atom is 0.262 e. The van der Waals surface area contributed by atoms with Crippen LogP contribution < -0.4 is 10.9 Å². The van der Waals surface area contributed by atoms with Crippen LogP contribution >= 0.6 is 11.3 Å². The Kier molecular flexibility index (Phi) is 2.93. The number of hydrogen-bond donors (Lipinski definition) is 2. The van der Waals surface area contributed by atoms with E-state index in [-0.39, 0.29) is 5.56 Å².